The first-order valence-electron chi connectivity index (χ1n) is 8.89. The summed E-state index contributed by atoms with van der Waals surface area (Å²) in [6.45, 7) is 8.77. The summed E-state index contributed by atoms with van der Waals surface area (Å²) in [5.74, 6) is 0.862. The Morgan fingerprint density at radius 3 is 2.64 bits per heavy atom. The van der Waals surface area contributed by atoms with Gasteiger partial charge in [0.1, 0.15) is 0 Å². The molecule has 0 atom stereocenters. The second-order valence-corrected chi connectivity index (χ2v) is 7.78. The Hall–Kier alpha value is -0.990. The highest BCUT2D eigenvalue weighted by Crippen LogP contribution is 2.15. The third kappa shape index (κ3) is 4.60. The maximum Gasteiger partial charge on any atom is 0.258 e. The van der Waals surface area contributed by atoms with Gasteiger partial charge in [0.15, 0.2) is 4.96 Å². The standard InChI is InChI=1S/C17H25N5OS.ClH/c23-16-11-15(19-17-22(16)9-10-24-17)13-21-7-5-20(6-8-21)12-14-1-3-18-4-2-14;/h9-11,14,18H,1-8,12-13H2;1H. The van der Waals surface area contributed by atoms with Gasteiger partial charge in [-0.15, -0.1) is 23.7 Å². The van der Waals surface area contributed by atoms with Gasteiger partial charge in [0.25, 0.3) is 5.56 Å². The zero-order chi connectivity index (χ0) is 16.4. The smallest absolute Gasteiger partial charge is 0.258 e. The fourth-order valence-electron chi connectivity index (χ4n) is 3.76. The maximum atomic E-state index is 12.1. The van der Waals surface area contributed by atoms with Crippen LogP contribution in [0.3, 0.4) is 0 Å². The molecular weight excluding hydrogens is 358 g/mol. The first-order valence-corrected chi connectivity index (χ1v) is 9.77. The van der Waals surface area contributed by atoms with Crippen molar-refractivity contribution in [3.8, 4) is 0 Å². The molecule has 138 valence electrons. The number of fused-ring (bicyclic) bond motifs is 1. The van der Waals surface area contributed by atoms with Crippen LogP contribution in [0.1, 0.15) is 18.5 Å². The average molecular weight is 384 g/mol. The van der Waals surface area contributed by atoms with Crippen molar-refractivity contribution in [1.29, 1.82) is 0 Å². The van der Waals surface area contributed by atoms with Gasteiger partial charge in [0.05, 0.1) is 5.69 Å². The molecule has 8 heteroatoms. The van der Waals surface area contributed by atoms with Gasteiger partial charge in [-0.25, -0.2) is 4.98 Å². The number of halogens is 1. The molecule has 25 heavy (non-hydrogen) atoms. The first kappa shape index (κ1) is 18.8. The lowest BCUT2D eigenvalue weighted by molar-refractivity contribution is 0.106. The van der Waals surface area contributed by atoms with E-state index in [0.717, 1.165) is 49.3 Å². The van der Waals surface area contributed by atoms with Crippen LogP contribution in [0.5, 0.6) is 0 Å². The summed E-state index contributed by atoms with van der Waals surface area (Å²) in [6.07, 6.45) is 4.42. The maximum absolute atomic E-state index is 12.1. The van der Waals surface area contributed by atoms with Crippen molar-refractivity contribution >= 4 is 28.7 Å². The number of nitrogens with one attached hydrogen (secondary N) is 1. The second kappa shape index (κ2) is 8.60. The van der Waals surface area contributed by atoms with Crippen LogP contribution < -0.4 is 10.9 Å². The predicted molar refractivity (Wildman–Crippen MR) is 104 cm³/mol. The average Bonchev–Trinajstić information content (AvgIpc) is 3.07. The summed E-state index contributed by atoms with van der Waals surface area (Å²) in [5.41, 5.74) is 0.926. The van der Waals surface area contributed by atoms with Crippen molar-refractivity contribution < 1.29 is 0 Å². The number of nitrogens with zero attached hydrogens (tertiary/aromatic N) is 4. The third-order valence-corrected chi connectivity index (χ3v) is 5.94. The van der Waals surface area contributed by atoms with Crippen LogP contribution in [-0.2, 0) is 6.54 Å². The minimum absolute atomic E-state index is 0. The molecule has 2 aromatic heterocycles. The van der Waals surface area contributed by atoms with Gasteiger partial charge in [-0.1, -0.05) is 0 Å². The van der Waals surface area contributed by atoms with Crippen LogP contribution in [0, 0.1) is 5.92 Å². The highest BCUT2D eigenvalue weighted by atomic mass is 35.5. The van der Waals surface area contributed by atoms with E-state index in [9.17, 15) is 4.79 Å². The quantitative estimate of drug-likeness (QED) is 0.862. The Balaban J connectivity index is 0.00000182. The van der Waals surface area contributed by atoms with E-state index in [2.05, 4.69) is 20.1 Å². The fraction of sp³-hybridized carbons (Fsp3) is 0.647. The van der Waals surface area contributed by atoms with Crippen LogP contribution in [-0.4, -0.2) is 65.0 Å². The lowest BCUT2D eigenvalue weighted by Gasteiger charge is -2.37. The van der Waals surface area contributed by atoms with E-state index in [1.807, 2.05) is 5.38 Å². The number of aromatic nitrogens is 2. The molecule has 0 aromatic carbocycles. The number of thiazole rings is 1. The minimum Gasteiger partial charge on any atom is -0.317 e. The van der Waals surface area contributed by atoms with E-state index >= 15 is 0 Å². The van der Waals surface area contributed by atoms with Gasteiger partial charge in [-0.3, -0.25) is 14.1 Å². The van der Waals surface area contributed by atoms with Gasteiger partial charge >= 0.3 is 0 Å². The van der Waals surface area contributed by atoms with Gasteiger partial charge in [-0.05, 0) is 31.8 Å². The third-order valence-electron chi connectivity index (χ3n) is 5.18. The monoisotopic (exact) mass is 383 g/mol. The van der Waals surface area contributed by atoms with E-state index < -0.39 is 0 Å². The van der Waals surface area contributed by atoms with E-state index in [4.69, 9.17) is 0 Å². The lowest BCUT2D eigenvalue weighted by atomic mass is 9.97. The van der Waals surface area contributed by atoms with Crippen molar-refractivity contribution in [3.63, 3.8) is 0 Å². The molecule has 2 saturated heterocycles. The van der Waals surface area contributed by atoms with E-state index in [0.29, 0.717) is 0 Å². The topological polar surface area (TPSA) is 52.9 Å². The normalized spacial score (nSPS) is 20.6. The largest absolute Gasteiger partial charge is 0.317 e. The van der Waals surface area contributed by atoms with Crippen LogP contribution in [0.2, 0.25) is 0 Å². The van der Waals surface area contributed by atoms with Crippen LogP contribution in [0.4, 0.5) is 0 Å². The van der Waals surface area contributed by atoms with E-state index in [1.165, 1.54) is 43.8 Å². The molecule has 0 bridgehead atoms. The number of piperidine rings is 1. The van der Waals surface area contributed by atoms with Gasteiger partial charge in [-0.2, -0.15) is 0 Å². The van der Waals surface area contributed by atoms with Crippen molar-refractivity contribution in [2.75, 3.05) is 45.8 Å². The van der Waals surface area contributed by atoms with Crippen LogP contribution in [0.25, 0.3) is 4.96 Å². The van der Waals surface area contributed by atoms with Crippen molar-refractivity contribution in [1.82, 2.24) is 24.5 Å². The van der Waals surface area contributed by atoms with Crippen LogP contribution >= 0.6 is 23.7 Å². The number of hydrogen-bond acceptors (Lipinski definition) is 6. The summed E-state index contributed by atoms with van der Waals surface area (Å²) < 4.78 is 1.62. The van der Waals surface area contributed by atoms with Gasteiger partial charge < -0.3 is 10.2 Å². The predicted octanol–water partition coefficient (Wildman–Crippen LogP) is 1.29. The molecule has 0 radical (unpaired) electrons. The van der Waals surface area contributed by atoms with Crippen molar-refractivity contribution in [2.24, 2.45) is 5.92 Å². The van der Waals surface area contributed by atoms with Crippen molar-refractivity contribution in [2.45, 2.75) is 19.4 Å². The molecule has 0 aliphatic carbocycles. The fourth-order valence-corrected chi connectivity index (χ4v) is 4.50. The molecule has 1 N–H and O–H groups in total. The number of piperazine rings is 1. The molecule has 2 aromatic rings. The molecular formula is C17H26ClN5OS. The lowest BCUT2D eigenvalue weighted by Crippen LogP contribution is -2.48. The SMILES string of the molecule is Cl.O=c1cc(CN2CCN(CC3CCNCC3)CC2)nc2sccn12. The summed E-state index contributed by atoms with van der Waals surface area (Å²) in [7, 11) is 0. The van der Waals surface area contributed by atoms with E-state index in [1.54, 1.807) is 16.7 Å². The molecule has 0 spiro atoms. The molecule has 2 aliphatic heterocycles. The Morgan fingerprint density at radius 2 is 1.88 bits per heavy atom. The molecule has 2 fully saturated rings. The molecule has 4 rings (SSSR count). The number of rotatable bonds is 4. The molecule has 0 unspecified atom stereocenters. The highest BCUT2D eigenvalue weighted by molar-refractivity contribution is 7.15. The summed E-state index contributed by atoms with van der Waals surface area (Å²) in [4.78, 5) is 22.5. The summed E-state index contributed by atoms with van der Waals surface area (Å²) >= 11 is 1.52. The second-order valence-electron chi connectivity index (χ2n) is 6.91. The van der Waals surface area contributed by atoms with Crippen molar-refractivity contribution in [3.05, 3.63) is 33.7 Å². The molecule has 6 nitrogen and oxygen atoms in total. The Labute approximate surface area is 158 Å². The molecule has 4 heterocycles. The highest BCUT2D eigenvalue weighted by Gasteiger charge is 2.21. The Morgan fingerprint density at radius 1 is 1.16 bits per heavy atom. The Kier molecular flexibility index (Phi) is 6.46. The number of hydrogen-bond donors (Lipinski definition) is 1. The minimum atomic E-state index is 0. The molecule has 0 saturated carbocycles. The van der Waals surface area contributed by atoms with Gasteiger partial charge in [0.2, 0.25) is 0 Å². The zero-order valence-electron chi connectivity index (χ0n) is 14.4. The summed E-state index contributed by atoms with van der Waals surface area (Å²) in [6, 6.07) is 1.68. The van der Waals surface area contributed by atoms with E-state index in [-0.39, 0.29) is 18.0 Å². The Bertz CT molecular complexity index is 734. The molecule has 2 aliphatic rings. The molecule has 0 amide bonds. The summed E-state index contributed by atoms with van der Waals surface area (Å²) in [5, 5.41) is 5.35. The van der Waals surface area contributed by atoms with Crippen LogP contribution in [0.15, 0.2) is 22.4 Å². The van der Waals surface area contributed by atoms with Gasteiger partial charge in [0, 0.05) is 56.9 Å². The zero-order valence-corrected chi connectivity index (χ0v) is 16.0. The first-order chi connectivity index (χ1) is 11.8.